The van der Waals surface area contributed by atoms with Crippen LogP contribution in [0.2, 0.25) is 0 Å². The maximum atomic E-state index is 12.1. The molecule has 2 N–H and O–H groups in total. The fraction of sp³-hybridized carbons (Fsp3) is 0.526. The molecule has 4 aromatic rings. The number of rotatable bonds is 12. The molecule has 4 aromatic carbocycles. The van der Waals surface area contributed by atoms with Crippen LogP contribution < -0.4 is 158 Å². The number of aliphatic hydroxyl groups is 1. The first kappa shape index (κ1) is 85.3. The summed E-state index contributed by atoms with van der Waals surface area (Å²) in [4.78, 5) is 49.1. The van der Waals surface area contributed by atoms with Crippen molar-refractivity contribution in [2.24, 2.45) is 0 Å². The van der Waals surface area contributed by atoms with E-state index in [0.29, 0.717) is 35.9 Å². The maximum absolute atomic E-state index is 12.1. The van der Waals surface area contributed by atoms with E-state index in [0.717, 1.165) is 115 Å². The van der Waals surface area contributed by atoms with Crippen LogP contribution in [-0.2, 0) is 31.4 Å². The molecule has 0 aromatic heterocycles. The smallest absolute Gasteiger partial charge is 1.00 e. The molecule has 0 amide bonds. The fourth-order valence-electron chi connectivity index (χ4n) is 8.60. The predicted molar refractivity (Wildman–Crippen MR) is 323 cm³/mol. The van der Waals surface area contributed by atoms with E-state index in [1.807, 2.05) is 36.4 Å². The van der Waals surface area contributed by atoms with Crippen LogP contribution in [0.3, 0.4) is 0 Å². The van der Waals surface area contributed by atoms with Crippen molar-refractivity contribution in [1.82, 2.24) is 24.9 Å². The minimum atomic E-state index is -1.67. The average Bonchev–Trinajstić information content (AvgIpc) is 3.46. The van der Waals surface area contributed by atoms with Gasteiger partial charge in [-0.25, -0.2) is 8.60 Å². The SMILES string of the molecule is CC(C)N1CCN(c2ccc(C=O)cc2)CC1.CC(C)N1CCN(c2ccc(CCl)cc2)CC1.CC(C)N1CCN(c2ccc(CO)cc2)CC1.CC(C)N1CCNCC1.O=CO[O-].O=Cc1ccc(F)cc1.O=S(Cl)Cl.[B].[H-].[H-].[K+].[K+].[Na+]. The monoisotopic (exact) mass is 1260 g/mol. The normalized spacial score (nSPS) is 15.4. The molecule has 81 heavy (non-hydrogen) atoms. The number of hydrogen-bond acceptors (Lipinski definition) is 15. The standard InChI is InChI=1S/C14H21ClN2.C14H22N2O.C14H20N2O.C7H5FO.C7H16N2.CH2O3.B.Cl2OS.2K.Na.2H/c1-12(2)16-7-9-17(10-8-16)14-5-3-13(11-15)4-6-14;2*1-12(2)15-7-9-16(10-8-15)14-5-3-13(11-17)4-6-14;8-7-3-1-6(5-9)2-4-7;1-7(2)9-5-3-8-4-6-9;2-1-4-3;;1-4(2)3;;;;;/h3-6,12H,7-11H2,1-2H3;3-6,12,17H,7-11H2,1-2H3;3-6,11-12H,7-10H2,1-2H3;1-5H;7-8H,3-6H2,1-2H3;1,3H;;;;;;;/q;;;;;;;;3*+1;2*-1/p-1. The summed E-state index contributed by atoms with van der Waals surface area (Å²) in [7, 11) is 7.36. The van der Waals surface area contributed by atoms with E-state index in [1.54, 1.807) is 0 Å². The third-order valence-electron chi connectivity index (χ3n) is 13.4. The Morgan fingerprint density at radius 1 is 0.556 bits per heavy atom. The number of aldehydes is 2. The molecule has 3 radical (unpaired) electrons. The first-order valence-electron chi connectivity index (χ1n) is 26.4. The first-order valence-corrected chi connectivity index (χ1v) is 29.7. The quantitative estimate of drug-likeness (QED) is 0.0444. The van der Waals surface area contributed by atoms with E-state index in [9.17, 15) is 14.0 Å². The second-order valence-electron chi connectivity index (χ2n) is 19.6. The summed E-state index contributed by atoms with van der Waals surface area (Å²) >= 11 is 5.80. The number of aliphatic hydroxyl groups excluding tert-OH is 1. The fourth-order valence-corrected chi connectivity index (χ4v) is 8.78. The number of carbonyl (C=O) groups excluding carboxylic acids is 3. The third kappa shape index (κ3) is 36.9. The Hall–Kier alpha value is 0.0977. The van der Waals surface area contributed by atoms with Gasteiger partial charge in [0.25, 0.3) is 6.47 Å². The van der Waals surface area contributed by atoms with Crippen LogP contribution in [0.5, 0.6) is 0 Å². The molecule has 24 heteroatoms. The topological polar surface area (TPSA) is 156 Å². The number of alkyl halides is 1. The summed E-state index contributed by atoms with van der Waals surface area (Å²) in [6, 6.07) is 32.7. The van der Waals surface area contributed by atoms with Crippen LogP contribution in [0.1, 0.15) is 90.1 Å². The molecule has 15 nitrogen and oxygen atoms in total. The number of anilines is 3. The molecule has 4 saturated heterocycles. The van der Waals surface area contributed by atoms with Gasteiger partial charge in [-0.05, 0) is 139 Å². The zero-order valence-corrected chi connectivity index (χ0v) is 61.4. The number of nitrogens with zero attached hydrogens (tertiary/aromatic N) is 7. The van der Waals surface area contributed by atoms with Crippen LogP contribution in [0.15, 0.2) is 97.1 Å². The van der Waals surface area contributed by atoms with E-state index >= 15 is 0 Å². The van der Waals surface area contributed by atoms with Crippen molar-refractivity contribution in [3.05, 3.63) is 125 Å². The largest absolute Gasteiger partial charge is 1.00 e. The van der Waals surface area contributed by atoms with Crippen molar-refractivity contribution in [2.45, 2.75) is 92.0 Å². The van der Waals surface area contributed by atoms with E-state index in [1.165, 1.54) is 60.0 Å². The van der Waals surface area contributed by atoms with Gasteiger partial charge < -0.3 is 38.1 Å². The molecule has 0 atom stereocenters. The van der Waals surface area contributed by atoms with Crippen LogP contribution >= 0.6 is 33.0 Å². The Balaban J connectivity index is -0.000000296. The molecule has 4 aliphatic rings. The van der Waals surface area contributed by atoms with Crippen LogP contribution in [0, 0.1) is 5.82 Å². The van der Waals surface area contributed by atoms with E-state index in [2.05, 4.69) is 158 Å². The van der Waals surface area contributed by atoms with Crippen molar-refractivity contribution in [1.29, 1.82) is 0 Å². The molecule has 4 aliphatic heterocycles. The van der Waals surface area contributed by atoms with Crippen molar-refractivity contribution < 1.29 is 173 Å². The van der Waals surface area contributed by atoms with Gasteiger partial charge in [-0.15, -0.1) is 11.6 Å². The van der Waals surface area contributed by atoms with Gasteiger partial charge in [0.1, 0.15) is 18.4 Å². The van der Waals surface area contributed by atoms with E-state index < -0.39 is 9.23 Å². The number of nitrogens with one attached hydrogen (secondary N) is 1. The number of halogens is 4. The van der Waals surface area contributed by atoms with Gasteiger partial charge in [-0.1, -0.05) is 24.3 Å². The zero-order chi connectivity index (χ0) is 57.1. The predicted octanol–water partition coefficient (Wildman–Crippen LogP) is -1.03. The van der Waals surface area contributed by atoms with Crippen molar-refractivity contribution in [3.63, 3.8) is 0 Å². The maximum Gasteiger partial charge on any atom is 1.00 e. The molecule has 437 valence electrons. The Morgan fingerprint density at radius 3 is 1.05 bits per heavy atom. The molecule has 8 rings (SSSR count). The minimum absolute atomic E-state index is 0. The van der Waals surface area contributed by atoms with Crippen molar-refractivity contribution in [2.75, 3.05) is 119 Å². The minimum Gasteiger partial charge on any atom is -1.00 e. The molecule has 4 heterocycles. The van der Waals surface area contributed by atoms with Crippen LogP contribution in [0.4, 0.5) is 21.5 Å². The van der Waals surface area contributed by atoms with E-state index in [4.69, 9.17) is 31.0 Å². The van der Waals surface area contributed by atoms with Crippen LogP contribution in [-0.4, -0.2) is 185 Å². The third-order valence-corrected chi connectivity index (χ3v) is 13.7. The Kier molecular flexibility index (Phi) is 53.7. The summed E-state index contributed by atoms with van der Waals surface area (Å²) in [5.41, 5.74) is 7.23. The zero-order valence-electron chi connectivity index (χ0n) is 52.0. The Labute approximate surface area is 613 Å². The number of carbonyl (C=O) groups is 3. The van der Waals surface area contributed by atoms with Gasteiger partial charge in [0, 0.05) is 193 Å². The molecular formula is C57H87BCl3FK2N8NaO7S. The molecule has 0 unspecified atom stereocenters. The van der Waals surface area contributed by atoms with Crippen molar-refractivity contribution in [3.8, 4) is 0 Å². The second-order valence-corrected chi connectivity index (χ2v) is 22.4. The summed E-state index contributed by atoms with van der Waals surface area (Å²) < 4.78 is 21.2. The van der Waals surface area contributed by atoms with E-state index in [-0.39, 0.29) is 162 Å². The summed E-state index contributed by atoms with van der Waals surface area (Å²) in [5, 5.41) is 20.8. The number of benzene rings is 4. The van der Waals surface area contributed by atoms with Gasteiger partial charge in [0.2, 0.25) is 9.23 Å². The average molecular weight is 1270 g/mol. The second kappa shape index (κ2) is 51.0. The summed E-state index contributed by atoms with van der Waals surface area (Å²) in [6.07, 6.45) is 1.57. The Bertz CT molecular complexity index is 2140. The van der Waals surface area contributed by atoms with Crippen LogP contribution in [0.25, 0.3) is 0 Å². The van der Waals surface area contributed by atoms with Gasteiger partial charge >= 0.3 is 132 Å². The molecular weight excluding hydrogens is 1180 g/mol. The van der Waals surface area contributed by atoms with Gasteiger partial charge in [0.15, 0.2) is 0 Å². The number of piperazine rings is 4. The van der Waals surface area contributed by atoms with Crippen molar-refractivity contribution >= 4 is 86.7 Å². The molecule has 0 saturated carbocycles. The number of hydrogen-bond donors (Lipinski definition) is 2. The van der Waals surface area contributed by atoms with Gasteiger partial charge in [-0.2, -0.15) is 0 Å². The first-order chi connectivity index (χ1) is 36.9. The van der Waals surface area contributed by atoms with Gasteiger partial charge in [0.05, 0.1) is 6.61 Å². The molecule has 0 aliphatic carbocycles. The summed E-state index contributed by atoms with van der Waals surface area (Å²) in [5.74, 6) is 0.280. The molecule has 0 spiro atoms. The van der Waals surface area contributed by atoms with Gasteiger partial charge in [-0.3, -0.25) is 34.0 Å². The summed E-state index contributed by atoms with van der Waals surface area (Å²) in [6.45, 7) is 36.2. The molecule has 4 fully saturated rings. The Morgan fingerprint density at radius 2 is 0.815 bits per heavy atom. The molecule has 0 bridgehead atoms.